The van der Waals surface area contributed by atoms with Crippen molar-refractivity contribution in [1.29, 1.82) is 0 Å². The van der Waals surface area contributed by atoms with Crippen molar-refractivity contribution in [3.8, 4) is 0 Å². The summed E-state index contributed by atoms with van der Waals surface area (Å²) >= 11 is 0. The maximum absolute atomic E-state index is 10.2. The molecular formula is C13H18O. The first-order chi connectivity index (χ1) is 6.68. The molecule has 1 aromatic carbocycles. The van der Waals surface area contributed by atoms with Gasteiger partial charge in [0.2, 0.25) is 0 Å². The van der Waals surface area contributed by atoms with E-state index in [1.54, 1.807) is 0 Å². The summed E-state index contributed by atoms with van der Waals surface area (Å²) in [5.74, 6) is 0. The van der Waals surface area contributed by atoms with Crippen LogP contribution in [0.4, 0.5) is 0 Å². The van der Waals surface area contributed by atoms with Crippen LogP contribution in [-0.2, 0) is 6.42 Å². The average molecular weight is 190 g/mol. The molecule has 0 amide bonds. The Morgan fingerprint density at radius 3 is 2.64 bits per heavy atom. The fourth-order valence-electron chi connectivity index (χ4n) is 2.41. The molecule has 1 saturated carbocycles. The van der Waals surface area contributed by atoms with Crippen LogP contribution >= 0.6 is 0 Å². The second kappa shape index (κ2) is 3.74. The van der Waals surface area contributed by atoms with Gasteiger partial charge in [-0.25, -0.2) is 0 Å². The molecule has 76 valence electrons. The fraction of sp³-hybridized carbons (Fsp3) is 0.538. The lowest BCUT2D eigenvalue weighted by Crippen LogP contribution is -2.26. The molecule has 0 atom stereocenters. The lowest BCUT2D eigenvalue weighted by molar-refractivity contribution is 0.0482. The Morgan fingerprint density at radius 2 is 2.00 bits per heavy atom. The second-order valence-corrected chi connectivity index (χ2v) is 4.60. The van der Waals surface area contributed by atoms with Crippen LogP contribution < -0.4 is 0 Å². The number of hydrogen-bond donors (Lipinski definition) is 1. The molecule has 14 heavy (non-hydrogen) atoms. The minimum Gasteiger partial charge on any atom is -0.390 e. The molecule has 1 N–H and O–H groups in total. The van der Waals surface area contributed by atoms with Gasteiger partial charge in [-0.2, -0.15) is 0 Å². The van der Waals surface area contributed by atoms with Gasteiger partial charge in [0, 0.05) is 6.42 Å². The number of aryl methyl sites for hydroxylation is 1. The summed E-state index contributed by atoms with van der Waals surface area (Å²) in [5, 5.41) is 10.2. The summed E-state index contributed by atoms with van der Waals surface area (Å²) in [7, 11) is 0. The Kier molecular flexibility index (Phi) is 2.60. The molecule has 1 aliphatic carbocycles. The molecule has 1 fully saturated rings. The van der Waals surface area contributed by atoms with Crippen LogP contribution in [0.1, 0.15) is 36.8 Å². The maximum atomic E-state index is 10.2. The molecule has 1 aromatic rings. The van der Waals surface area contributed by atoms with Crippen molar-refractivity contribution < 1.29 is 5.11 Å². The van der Waals surface area contributed by atoms with Crippen molar-refractivity contribution in [3.63, 3.8) is 0 Å². The second-order valence-electron chi connectivity index (χ2n) is 4.60. The summed E-state index contributed by atoms with van der Waals surface area (Å²) < 4.78 is 0. The van der Waals surface area contributed by atoms with Crippen molar-refractivity contribution in [2.75, 3.05) is 0 Å². The summed E-state index contributed by atoms with van der Waals surface area (Å²) in [4.78, 5) is 0. The smallest absolute Gasteiger partial charge is 0.0688 e. The third-order valence-electron chi connectivity index (χ3n) is 3.15. The summed E-state index contributed by atoms with van der Waals surface area (Å²) in [5.41, 5.74) is 2.15. The summed E-state index contributed by atoms with van der Waals surface area (Å²) in [6.45, 7) is 2.10. The molecule has 0 heterocycles. The number of hydrogen-bond acceptors (Lipinski definition) is 1. The van der Waals surface area contributed by atoms with E-state index in [4.69, 9.17) is 0 Å². The molecule has 1 nitrogen and oxygen atoms in total. The molecular weight excluding hydrogens is 172 g/mol. The minimum atomic E-state index is -0.409. The van der Waals surface area contributed by atoms with Crippen LogP contribution in [0.25, 0.3) is 0 Å². The van der Waals surface area contributed by atoms with Crippen LogP contribution in [0, 0.1) is 6.92 Å². The third kappa shape index (κ3) is 2.16. The van der Waals surface area contributed by atoms with Crippen molar-refractivity contribution >= 4 is 0 Å². The van der Waals surface area contributed by atoms with Crippen molar-refractivity contribution in [2.45, 2.75) is 44.6 Å². The average Bonchev–Trinajstić information content (AvgIpc) is 2.51. The highest BCUT2D eigenvalue weighted by Gasteiger charge is 2.30. The first-order valence-electron chi connectivity index (χ1n) is 5.46. The molecule has 0 saturated heterocycles. The van der Waals surface area contributed by atoms with Crippen LogP contribution in [0.3, 0.4) is 0 Å². The predicted molar refractivity (Wildman–Crippen MR) is 58.3 cm³/mol. The third-order valence-corrected chi connectivity index (χ3v) is 3.15. The van der Waals surface area contributed by atoms with Gasteiger partial charge in [-0.05, 0) is 25.3 Å². The van der Waals surface area contributed by atoms with E-state index in [1.165, 1.54) is 24.0 Å². The Balaban J connectivity index is 2.10. The van der Waals surface area contributed by atoms with E-state index in [-0.39, 0.29) is 0 Å². The van der Waals surface area contributed by atoms with Crippen LogP contribution in [0.2, 0.25) is 0 Å². The Morgan fingerprint density at radius 1 is 1.29 bits per heavy atom. The highest BCUT2D eigenvalue weighted by Crippen LogP contribution is 2.32. The number of aliphatic hydroxyl groups is 1. The van der Waals surface area contributed by atoms with Gasteiger partial charge in [-0.1, -0.05) is 42.7 Å². The topological polar surface area (TPSA) is 20.2 Å². The van der Waals surface area contributed by atoms with Crippen molar-refractivity contribution in [1.82, 2.24) is 0 Å². The highest BCUT2D eigenvalue weighted by molar-refractivity contribution is 5.23. The molecule has 0 bridgehead atoms. The van der Waals surface area contributed by atoms with Crippen LogP contribution in [0.5, 0.6) is 0 Å². The quantitative estimate of drug-likeness (QED) is 0.760. The van der Waals surface area contributed by atoms with E-state index >= 15 is 0 Å². The van der Waals surface area contributed by atoms with Crippen LogP contribution in [-0.4, -0.2) is 10.7 Å². The molecule has 1 heteroatoms. The molecule has 0 spiro atoms. The van der Waals surface area contributed by atoms with Crippen LogP contribution in [0.15, 0.2) is 24.3 Å². The molecule has 0 aromatic heterocycles. The van der Waals surface area contributed by atoms with E-state index in [0.717, 1.165) is 19.3 Å². The zero-order valence-electron chi connectivity index (χ0n) is 8.79. The minimum absolute atomic E-state index is 0.409. The Hall–Kier alpha value is -0.820. The SMILES string of the molecule is Cc1cccc(CC2(O)CCCC2)c1. The van der Waals surface area contributed by atoms with Crippen molar-refractivity contribution in [3.05, 3.63) is 35.4 Å². The fourth-order valence-corrected chi connectivity index (χ4v) is 2.41. The molecule has 0 unspecified atom stereocenters. The van der Waals surface area contributed by atoms with Gasteiger partial charge in [0.05, 0.1) is 5.60 Å². The normalized spacial score (nSPS) is 19.9. The predicted octanol–water partition coefficient (Wildman–Crippen LogP) is 2.84. The first-order valence-corrected chi connectivity index (χ1v) is 5.46. The maximum Gasteiger partial charge on any atom is 0.0688 e. The Labute approximate surface area is 85.8 Å². The highest BCUT2D eigenvalue weighted by atomic mass is 16.3. The van der Waals surface area contributed by atoms with E-state index in [9.17, 15) is 5.11 Å². The largest absolute Gasteiger partial charge is 0.390 e. The lowest BCUT2D eigenvalue weighted by Gasteiger charge is -2.22. The van der Waals surface area contributed by atoms with Gasteiger partial charge in [-0.3, -0.25) is 0 Å². The number of benzene rings is 1. The summed E-state index contributed by atoms with van der Waals surface area (Å²) in [6, 6.07) is 8.46. The molecule has 0 aliphatic heterocycles. The van der Waals surface area contributed by atoms with E-state index in [2.05, 4.69) is 31.2 Å². The molecule has 0 radical (unpaired) electrons. The van der Waals surface area contributed by atoms with Gasteiger partial charge in [-0.15, -0.1) is 0 Å². The number of rotatable bonds is 2. The first kappa shape index (κ1) is 9.72. The monoisotopic (exact) mass is 190 g/mol. The van der Waals surface area contributed by atoms with Gasteiger partial charge in [0.1, 0.15) is 0 Å². The zero-order chi connectivity index (χ0) is 10.0. The standard InChI is InChI=1S/C13H18O/c1-11-5-4-6-12(9-11)10-13(14)7-2-3-8-13/h4-6,9,14H,2-3,7-8,10H2,1H3. The van der Waals surface area contributed by atoms with Gasteiger partial charge < -0.3 is 5.11 Å². The lowest BCUT2D eigenvalue weighted by atomic mass is 9.92. The molecule has 1 aliphatic rings. The van der Waals surface area contributed by atoms with Gasteiger partial charge >= 0.3 is 0 Å². The Bertz CT molecular complexity index is 311. The van der Waals surface area contributed by atoms with E-state index in [1.807, 2.05) is 0 Å². The summed E-state index contributed by atoms with van der Waals surface area (Å²) in [6.07, 6.45) is 5.14. The van der Waals surface area contributed by atoms with E-state index < -0.39 is 5.60 Å². The van der Waals surface area contributed by atoms with Gasteiger partial charge in [0.15, 0.2) is 0 Å². The molecule has 2 rings (SSSR count). The van der Waals surface area contributed by atoms with Gasteiger partial charge in [0.25, 0.3) is 0 Å². The zero-order valence-corrected chi connectivity index (χ0v) is 8.79. The van der Waals surface area contributed by atoms with E-state index in [0.29, 0.717) is 0 Å². The van der Waals surface area contributed by atoms with Crippen molar-refractivity contribution in [2.24, 2.45) is 0 Å².